The summed E-state index contributed by atoms with van der Waals surface area (Å²) < 4.78 is 5.00. The van der Waals surface area contributed by atoms with Crippen molar-refractivity contribution in [1.29, 1.82) is 0 Å². The van der Waals surface area contributed by atoms with E-state index in [1.807, 2.05) is 6.92 Å². The van der Waals surface area contributed by atoms with Crippen LogP contribution in [0.2, 0.25) is 0 Å². The average Bonchev–Trinajstić information content (AvgIpc) is 2.38. The molecule has 0 bridgehead atoms. The first kappa shape index (κ1) is 12.9. The van der Waals surface area contributed by atoms with E-state index in [1.165, 1.54) is 23.2 Å². The maximum atomic E-state index is 11.5. The third-order valence-corrected chi connectivity index (χ3v) is 3.41. The topological polar surface area (TPSA) is 38.3 Å². The number of hydrogen-bond acceptors (Lipinski definition) is 3. The van der Waals surface area contributed by atoms with Crippen LogP contribution >= 0.6 is 0 Å². The molecule has 3 heteroatoms. The summed E-state index contributed by atoms with van der Waals surface area (Å²) in [7, 11) is 0. The number of fused-ring (bicyclic) bond motifs is 1. The lowest BCUT2D eigenvalue weighted by Gasteiger charge is -2.20. The lowest BCUT2D eigenvalue weighted by molar-refractivity contribution is -0.143. The van der Waals surface area contributed by atoms with E-state index in [4.69, 9.17) is 4.74 Å². The summed E-state index contributed by atoms with van der Waals surface area (Å²) in [5.74, 6) is 0.108. The van der Waals surface area contributed by atoms with E-state index >= 15 is 0 Å². The van der Waals surface area contributed by atoms with Crippen LogP contribution in [0.15, 0.2) is 18.2 Å². The third kappa shape index (κ3) is 3.03. The molecule has 1 aliphatic heterocycles. The number of ether oxygens (including phenoxy) is 1. The minimum Gasteiger partial charge on any atom is -0.466 e. The van der Waals surface area contributed by atoms with Gasteiger partial charge in [-0.2, -0.15) is 0 Å². The van der Waals surface area contributed by atoms with Gasteiger partial charge < -0.3 is 10.1 Å². The molecule has 1 atom stereocenters. The molecule has 1 aromatic rings. The van der Waals surface area contributed by atoms with Gasteiger partial charge in [0.25, 0.3) is 0 Å². The second kappa shape index (κ2) is 5.89. The van der Waals surface area contributed by atoms with Crippen LogP contribution in [0.25, 0.3) is 0 Å². The van der Waals surface area contributed by atoms with E-state index in [2.05, 4.69) is 30.4 Å². The molecular weight excluding hydrogens is 226 g/mol. The minimum absolute atomic E-state index is 0.110. The highest BCUT2D eigenvalue weighted by atomic mass is 16.5. The van der Waals surface area contributed by atoms with Crippen LogP contribution in [0, 0.1) is 0 Å². The highest BCUT2D eigenvalue weighted by Gasteiger charge is 2.15. The fourth-order valence-corrected chi connectivity index (χ4v) is 2.39. The Labute approximate surface area is 109 Å². The molecule has 0 radical (unpaired) electrons. The number of carbonyl (C=O) groups is 1. The van der Waals surface area contributed by atoms with Gasteiger partial charge in [0.15, 0.2) is 0 Å². The zero-order valence-electron chi connectivity index (χ0n) is 11.2. The number of benzene rings is 1. The van der Waals surface area contributed by atoms with Crippen molar-refractivity contribution in [3.05, 3.63) is 29.3 Å². The molecule has 0 aliphatic carbocycles. The summed E-state index contributed by atoms with van der Waals surface area (Å²) in [6.07, 6.45) is 2.77. The monoisotopic (exact) mass is 247 g/mol. The van der Waals surface area contributed by atoms with Gasteiger partial charge in [-0.3, -0.25) is 4.79 Å². The van der Waals surface area contributed by atoms with Crippen molar-refractivity contribution in [2.24, 2.45) is 0 Å². The van der Waals surface area contributed by atoms with Gasteiger partial charge in [-0.25, -0.2) is 0 Å². The van der Waals surface area contributed by atoms with Gasteiger partial charge in [-0.15, -0.1) is 0 Å². The van der Waals surface area contributed by atoms with Crippen molar-refractivity contribution < 1.29 is 9.53 Å². The van der Waals surface area contributed by atoms with Crippen LogP contribution in [0.1, 0.15) is 43.7 Å². The van der Waals surface area contributed by atoms with E-state index < -0.39 is 0 Å². The van der Waals surface area contributed by atoms with Gasteiger partial charge >= 0.3 is 5.97 Å². The Morgan fingerprint density at radius 1 is 1.50 bits per heavy atom. The first-order valence-electron chi connectivity index (χ1n) is 6.73. The SMILES string of the molecule is CCOC(=O)CC(C)c1ccc2c(c1)CCCN2. The fraction of sp³-hybridized carbons (Fsp3) is 0.533. The van der Waals surface area contributed by atoms with Crippen molar-refractivity contribution in [1.82, 2.24) is 0 Å². The van der Waals surface area contributed by atoms with Crippen LogP contribution < -0.4 is 5.32 Å². The normalized spacial score (nSPS) is 15.4. The van der Waals surface area contributed by atoms with E-state index in [1.54, 1.807) is 0 Å². The molecule has 1 heterocycles. The van der Waals surface area contributed by atoms with E-state index in [-0.39, 0.29) is 11.9 Å². The Balaban J connectivity index is 2.06. The summed E-state index contributed by atoms with van der Waals surface area (Å²) >= 11 is 0. The predicted octanol–water partition coefficient (Wildman–Crippen LogP) is 3.10. The van der Waals surface area contributed by atoms with E-state index in [0.29, 0.717) is 13.0 Å². The third-order valence-electron chi connectivity index (χ3n) is 3.41. The highest BCUT2D eigenvalue weighted by molar-refractivity contribution is 5.70. The molecule has 0 saturated heterocycles. The van der Waals surface area contributed by atoms with Crippen molar-refractivity contribution >= 4 is 11.7 Å². The molecule has 0 saturated carbocycles. The first-order chi connectivity index (χ1) is 8.70. The van der Waals surface area contributed by atoms with Gasteiger partial charge in [0.2, 0.25) is 0 Å². The minimum atomic E-state index is -0.110. The number of aryl methyl sites for hydroxylation is 1. The Morgan fingerprint density at radius 2 is 2.33 bits per heavy atom. The predicted molar refractivity (Wildman–Crippen MR) is 72.9 cm³/mol. The molecule has 0 fully saturated rings. The fourth-order valence-electron chi connectivity index (χ4n) is 2.39. The number of anilines is 1. The number of carbonyl (C=O) groups excluding carboxylic acids is 1. The van der Waals surface area contributed by atoms with Crippen LogP contribution in [-0.2, 0) is 16.0 Å². The lowest BCUT2D eigenvalue weighted by Crippen LogP contribution is -2.13. The van der Waals surface area contributed by atoms with Crippen LogP contribution in [0.4, 0.5) is 5.69 Å². The average molecular weight is 247 g/mol. The summed E-state index contributed by atoms with van der Waals surface area (Å²) in [6.45, 7) is 5.44. The van der Waals surface area contributed by atoms with E-state index in [9.17, 15) is 4.79 Å². The first-order valence-corrected chi connectivity index (χ1v) is 6.73. The zero-order valence-corrected chi connectivity index (χ0v) is 11.2. The molecule has 0 aromatic heterocycles. The van der Waals surface area contributed by atoms with Crippen molar-refractivity contribution in [2.75, 3.05) is 18.5 Å². The van der Waals surface area contributed by atoms with Crippen molar-refractivity contribution in [3.63, 3.8) is 0 Å². The van der Waals surface area contributed by atoms with Crippen LogP contribution in [-0.4, -0.2) is 19.1 Å². The van der Waals surface area contributed by atoms with Gasteiger partial charge in [-0.1, -0.05) is 19.1 Å². The van der Waals surface area contributed by atoms with E-state index in [0.717, 1.165) is 13.0 Å². The Kier molecular flexibility index (Phi) is 4.24. The molecular formula is C15H21NO2. The van der Waals surface area contributed by atoms with Gasteiger partial charge in [0, 0.05) is 12.2 Å². The molecule has 3 nitrogen and oxygen atoms in total. The Hall–Kier alpha value is -1.51. The second-order valence-electron chi connectivity index (χ2n) is 4.86. The standard InChI is InChI=1S/C15H21NO2/c1-3-18-15(17)9-11(2)12-6-7-14-13(10-12)5-4-8-16-14/h6-7,10-11,16H,3-5,8-9H2,1-2H3. The summed E-state index contributed by atoms with van der Waals surface area (Å²) in [5, 5.41) is 3.40. The van der Waals surface area contributed by atoms with Gasteiger partial charge in [0.1, 0.15) is 0 Å². The molecule has 0 amide bonds. The van der Waals surface area contributed by atoms with Crippen molar-refractivity contribution in [3.8, 4) is 0 Å². The number of hydrogen-bond donors (Lipinski definition) is 1. The molecule has 1 N–H and O–H groups in total. The quantitative estimate of drug-likeness (QED) is 0.831. The summed E-state index contributed by atoms with van der Waals surface area (Å²) in [6, 6.07) is 6.47. The molecule has 98 valence electrons. The second-order valence-corrected chi connectivity index (χ2v) is 4.86. The summed E-state index contributed by atoms with van der Waals surface area (Å²) in [5.41, 5.74) is 3.84. The molecule has 0 spiro atoms. The van der Waals surface area contributed by atoms with Gasteiger partial charge in [-0.05, 0) is 42.9 Å². The maximum absolute atomic E-state index is 11.5. The number of esters is 1. The van der Waals surface area contributed by atoms with Crippen molar-refractivity contribution in [2.45, 2.75) is 39.0 Å². The maximum Gasteiger partial charge on any atom is 0.306 e. The van der Waals surface area contributed by atoms with Crippen LogP contribution in [0.3, 0.4) is 0 Å². The molecule has 2 rings (SSSR count). The highest BCUT2D eigenvalue weighted by Crippen LogP contribution is 2.27. The number of rotatable bonds is 4. The molecule has 1 aromatic carbocycles. The lowest BCUT2D eigenvalue weighted by atomic mass is 9.93. The smallest absolute Gasteiger partial charge is 0.306 e. The molecule has 1 unspecified atom stereocenters. The Bertz CT molecular complexity index is 429. The molecule has 18 heavy (non-hydrogen) atoms. The Morgan fingerprint density at radius 3 is 3.11 bits per heavy atom. The number of nitrogens with one attached hydrogen (secondary N) is 1. The largest absolute Gasteiger partial charge is 0.466 e. The van der Waals surface area contributed by atoms with Gasteiger partial charge in [0.05, 0.1) is 13.0 Å². The van der Waals surface area contributed by atoms with Crippen LogP contribution in [0.5, 0.6) is 0 Å². The summed E-state index contributed by atoms with van der Waals surface area (Å²) in [4.78, 5) is 11.5. The molecule has 1 aliphatic rings. The zero-order chi connectivity index (χ0) is 13.0.